The summed E-state index contributed by atoms with van der Waals surface area (Å²) in [6.45, 7) is 1.33. The van der Waals surface area contributed by atoms with Crippen LogP contribution in [0.2, 0.25) is 0 Å². The molecule has 0 radical (unpaired) electrons. The summed E-state index contributed by atoms with van der Waals surface area (Å²) in [5.74, 6) is -0.517. The Morgan fingerprint density at radius 2 is 2.05 bits per heavy atom. The third-order valence-electron chi connectivity index (χ3n) is 2.98. The monoisotopic (exact) mass is 272 g/mol. The maximum absolute atomic E-state index is 12.6. The number of hydrogen-bond acceptors (Lipinski definition) is 3. The molecule has 1 aliphatic heterocycles. The smallest absolute Gasteiger partial charge is 0.365 e. The Balaban J connectivity index is 2.47. The summed E-state index contributed by atoms with van der Waals surface area (Å²) in [7, 11) is 0. The van der Waals surface area contributed by atoms with Crippen molar-refractivity contribution >= 4 is 5.78 Å². The molecule has 2 unspecified atom stereocenters. The number of rotatable bonds is 1. The highest BCUT2D eigenvalue weighted by Crippen LogP contribution is 2.35. The van der Waals surface area contributed by atoms with Gasteiger partial charge < -0.3 is 9.84 Å². The predicted molar refractivity (Wildman–Crippen MR) is 60.0 cm³/mol. The molecule has 0 saturated heterocycles. The molecule has 3 nitrogen and oxygen atoms in total. The lowest BCUT2D eigenvalue weighted by atomic mass is 9.88. The van der Waals surface area contributed by atoms with E-state index in [1.165, 1.54) is 19.1 Å². The van der Waals surface area contributed by atoms with Crippen molar-refractivity contribution in [3.05, 3.63) is 47.5 Å². The molecule has 2 atom stereocenters. The fourth-order valence-electron chi connectivity index (χ4n) is 1.87. The van der Waals surface area contributed by atoms with Crippen LogP contribution in [0, 0.1) is 0 Å². The van der Waals surface area contributed by atoms with E-state index in [1.54, 1.807) is 0 Å². The second kappa shape index (κ2) is 4.47. The van der Waals surface area contributed by atoms with E-state index in [2.05, 4.69) is 0 Å². The van der Waals surface area contributed by atoms with Crippen LogP contribution in [0.3, 0.4) is 0 Å². The van der Waals surface area contributed by atoms with Crippen LogP contribution < -0.4 is 0 Å². The predicted octanol–water partition coefficient (Wildman–Crippen LogP) is 2.39. The second-order valence-corrected chi connectivity index (χ2v) is 4.34. The molecule has 6 heteroatoms. The molecule has 1 aromatic carbocycles. The van der Waals surface area contributed by atoms with E-state index < -0.39 is 29.4 Å². The lowest BCUT2D eigenvalue weighted by Gasteiger charge is -2.32. The molecular weight excluding hydrogens is 261 g/mol. The summed E-state index contributed by atoms with van der Waals surface area (Å²) in [6, 6.07) is 4.32. The van der Waals surface area contributed by atoms with Gasteiger partial charge in [0, 0.05) is 0 Å². The van der Waals surface area contributed by atoms with Crippen molar-refractivity contribution in [3.8, 4) is 0 Å². The SMILES string of the molecule is CC1(c2cccc(C(F)(F)F)c2)OC(O)C=CC1=O. The van der Waals surface area contributed by atoms with Gasteiger partial charge in [-0.2, -0.15) is 13.2 Å². The fraction of sp³-hybridized carbons (Fsp3) is 0.308. The molecule has 0 aromatic heterocycles. The number of aliphatic hydroxyl groups is 1. The van der Waals surface area contributed by atoms with Crippen molar-refractivity contribution < 1.29 is 27.8 Å². The Kier molecular flexibility index (Phi) is 3.24. The van der Waals surface area contributed by atoms with Crippen LogP contribution in [0.25, 0.3) is 0 Å². The number of ketones is 1. The van der Waals surface area contributed by atoms with Crippen LogP contribution in [-0.2, 0) is 21.3 Å². The van der Waals surface area contributed by atoms with Crippen LogP contribution in [0.1, 0.15) is 18.1 Å². The van der Waals surface area contributed by atoms with Gasteiger partial charge in [-0.15, -0.1) is 0 Å². The van der Waals surface area contributed by atoms with Crippen LogP contribution in [0.4, 0.5) is 13.2 Å². The number of halogens is 3. The number of benzene rings is 1. The van der Waals surface area contributed by atoms with E-state index in [-0.39, 0.29) is 5.56 Å². The highest BCUT2D eigenvalue weighted by atomic mass is 19.4. The first-order valence-electron chi connectivity index (χ1n) is 5.50. The number of ether oxygens (including phenoxy) is 1. The molecule has 0 spiro atoms. The van der Waals surface area contributed by atoms with Gasteiger partial charge in [0.25, 0.3) is 0 Å². The minimum Gasteiger partial charge on any atom is -0.365 e. The van der Waals surface area contributed by atoms with Crippen molar-refractivity contribution in [2.24, 2.45) is 0 Å². The zero-order valence-corrected chi connectivity index (χ0v) is 9.94. The molecule has 102 valence electrons. The summed E-state index contributed by atoms with van der Waals surface area (Å²) < 4.78 is 43.0. The van der Waals surface area contributed by atoms with Crippen molar-refractivity contribution in [1.29, 1.82) is 0 Å². The molecule has 0 bridgehead atoms. The van der Waals surface area contributed by atoms with Crippen LogP contribution >= 0.6 is 0 Å². The average Bonchev–Trinajstić information content (AvgIpc) is 2.33. The summed E-state index contributed by atoms with van der Waals surface area (Å²) in [6.07, 6.45) is -3.58. The Morgan fingerprint density at radius 3 is 2.68 bits per heavy atom. The van der Waals surface area contributed by atoms with Gasteiger partial charge in [0.15, 0.2) is 17.7 Å². The lowest BCUT2D eigenvalue weighted by Crippen LogP contribution is -2.41. The van der Waals surface area contributed by atoms with Gasteiger partial charge in [-0.25, -0.2) is 0 Å². The standard InChI is InChI=1S/C13H11F3O3/c1-12(10(17)5-6-11(18)19-12)8-3-2-4-9(7-8)13(14,15)16/h2-7,11,18H,1H3. The normalized spacial score (nSPS) is 27.6. The largest absolute Gasteiger partial charge is 0.416 e. The lowest BCUT2D eigenvalue weighted by molar-refractivity contribution is -0.177. The van der Waals surface area contributed by atoms with Crippen molar-refractivity contribution in [2.75, 3.05) is 0 Å². The molecule has 2 rings (SSSR count). The first-order valence-corrected chi connectivity index (χ1v) is 5.50. The first kappa shape index (κ1) is 13.8. The fourth-order valence-corrected chi connectivity index (χ4v) is 1.87. The van der Waals surface area contributed by atoms with E-state index in [1.807, 2.05) is 0 Å². The first-order chi connectivity index (χ1) is 8.73. The minimum absolute atomic E-state index is 0.0516. The summed E-state index contributed by atoms with van der Waals surface area (Å²) in [5, 5.41) is 9.37. The number of carbonyl (C=O) groups is 1. The van der Waals surface area contributed by atoms with Gasteiger partial charge in [0.1, 0.15) is 0 Å². The third kappa shape index (κ3) is 2.54. The Bertz CT molecular complexity index is 536. The van der Waals surface area contributed by atoms with Crippen LogP contribution in [0.15, 0.2) is 36.4 Å². The summed E-state index contributed by atoms with van der Waals surface area (Å²) >= 11 is 0. The zero-order chi connectivity index (χ0) is 14.3. The van der Waals surface area contributed by atoms with Crippen LogP contribution in [-0.4, -0.2) is 17.2 Å². The van der Waals surface area contributed by atoms with E-state index >= 15 is 0 Å². The molecule has 0 aliphatic carbocycles. The number of hydrogen-bond donors (Lipinski definition) is 1. The Morgan fingerprint density at radius 1 is 1.37 bits per heavy atom. The molecule has 1 aromatic rings. The summed E-state index contributed by atoms with van der Waals surface area (Å²) in [4.78, 5) is 11.8. The molecule has 0 amide bonds. The topological polar surface area (TPSA) is 46.5 Å². The minimum atomic E-state index is -4.50. The van der Waals surface area contributed by atoms with E-state index in [9.17, 15) is 23.1 Å². The van der Waals surface area contributed by atoms with Crippen molar-refractivity contribution in [3.63, 3.8) is 0 Å². The van der Waals surface area contributed by atoms with Gasteiger partial charge in [0.05, 0.1) is 5.56 Å². The molecule has 1 aliphatic rings. The van der Waals surface area contributed by atoms with Gasteiger partial charge in [-0.3, -0.25) is 4.79 Å². The van der Waals surface area contributed by atoms with E-state index in [0.29, 0.717) is 0 Å². The Hall–Kier alpha value is -1.66. The molecule has 0 fully saturated rings. The van der Waals surface area contributed by atoms with Crippen LogP contribution in [0.5, 0.6) is 0 Å². The average molecular weight is 272 g/mol. The number of carbonyl (C=O) groups excluding carboxylic acids is 1. The van der Waals surface area contributed by atoms with Crippen molar-refractivity contribution in [1.82, 2.24) is 0 Å². The molecule has 1 N–H and O–H groups in total. The summed E-state index contributed by atoms with van der Waals surface area (Å²) in [5.41, 5.74) is -2.43. The van der Waals surface area contributed by atoms with E-state index in [0.717, 1.165) is 24.3 Å². The quantitative estimate of drug-likeness (QED) is 0.853. The zero-order valence-electron chi connectivity index (χ0n) is 9.94. The van der Waals surface area contributed by atoms with Gasteiger partial charge >= 0.3 is 6.18 Å². The molecule has 19 heavy (non-hydrogen) atoms. The molecule has 1 heterocycles. The van der Waals surface area contributed by atoms with Crippen molar-refractivity contribution in [2.45, 2.75) is 25.0 Å². The highest BCUT2D eigenvalue weighted by Gasteiger charge is 2.40. The van der Waals surface area contributed by atoms with E-state index in [4.69, 9.17) is 4.74 Å². The number of alkyl halides is 3. The van der Waals surface area contributed by atoms with Gasteiger partial charge in [0.2, 0.25) is 0 Å². The molecule has 0 saturated carbocycles. The number of aliphatic hydroxyl groups excluding tert-OH is 1. The maximum atomic E-state index is 12.6. The molecular formula is C13H11F3O3. The van der Waals surface area contributed by atoms with Gasteiger partial charge in [-0.05, 0) is 36.8 Å². The van der Waals surface area contributed by atoms with Gasteiger partial charge in [-0.1, -0.05) is 12.1 Å². The highest BCUT2D eigenvalue weighted by molar-refractivity contribution is 5.98. The Labute approximate surface area is 107 Å². The maximum Gasteiger partial charge on any atom is 0.416 e. The third-order valence-corrected chi connectivity index (χ3v) is 2.98. The second-order valence-electron chi connectivity index (χ2n) is 4.34.